The molecule has 2 saturated heterocycles. The fourth-order valence-corrected chi connectivity index (χ4v) is 4.22. The Morgan fingerprint density at radius 1 is 1.03 bits per heavy atom. The van der Waals surface area contributed by atoms with Crippen LogP contribution < -0.4 is 15.2 Å². The smallest absolute Gasteiger partial charge is 0.338 e. The molecule has 6 rings (SSSR count). The van der Waals surface area contributed by atoms with Crippen molar-refractivity contribution in [3.8, 4) is 11.5 Å². The van der Waals surface area contributed by atoms with Crippen LogP contribution in [-0.2, 0) is 18.9 Å². The van der Waals surface area contributed by atoms with E-state index in [0.717, 1.165) is 5.56 Å². The number of amides is 1. The standard InChI is InChI=1S/C23H20N4O8/c24-19(28)20-25-10-27(26-20)21-18-17(34-23(35-18)12-4-2-1-3-5-12)16(33-21)9-30-22(29)13-6-7-14-15(8-13)32-11-31-14/h1-8,10,16-18,21,23H,9,11H2,(H2,24,28)/t16?,17?,18-,21?,23+/m1/s1. The van der Waals surface area contributed by atoms with E-state index in [2.05, 4.69) is 10.1 Å². The van der Waals surface area contributed by atoms with E-state index in [-0.39, 0.29) is 19.2 Å². The van der Waals surface area contributed by atoms with Crippen molar-refractivity contribution in [2.45, 2.75) is 30.8 Å². The van der Waals surface area contributed by atoms with Crippen LogP contribution in [0.15, 0.2) is 54.9 Å². The number of nitrogens with two attached hydrogens (primary N) is 1. The molecule has 1 aromatic heterocycles. The van der Waals surface area contributed by atoms with Crippen molar-refractivity contribution in [1.29, 1.82) is 0 Å². The van der Waals surface area contributed by atoms with E-state index >= 15 is 0 Å². The first-order valence-electron chi connectivity index (χ1n) is 10.9. The van der Waals surface area contributed by atoms with Gasteiger partial charge in [-0.3, -0.25) is 4.79 Å². The van der Waals surface area contributed by atoms with Crippen molar-refractivity contribution in [3.05, 3.63) is 71.8 Å². The molecular weight excluding hydrogens is 460 g/mol. The summed E-state index contributed by atoms with van der Waals surface area (Å²) in [6.07, 6.45) is -1.93. The Kier molecular flexibility index (Phi) is 5.32. The molecule has 4 heterocycles. The van der Waals surface area contributed by atoms with E-state index in [1.54, 1.807) is 18.2 Å². The van der Waals surface area contributed by atoms with Crippen LogP contribution in [0.25, 0.3) is 0 Å². The summed E-state index contributed by atoms with van der Waals surface area (Å²) >= 11 is 0. The molecule has 2 N–H and O–H groups in total. The van der Waals surface area contributed by atoms with Crippen LogP contribution in [0, 0.1) is 0 Å². The lowest BCUT2D eigenvalue weighted by Crippen LogP contribution is -2.32. The normalized spacial score (nSPS) is 26.5. The molecule has 35 heavy (non-hydrogen) atoms. The summed E-state index contributed by atoms with van der Waals surface area (Å²) in [5.41, 5.74) is 6.42. The zero-order valence-electron chi connectivity index (χ0n) is 18.2. The topological polar surface area (TPSA) is 146 Å². The summed E-state index contributed by atoms with van der Waals surface area (Å²) in [6.45, 7) is 0.00105. The number of fused-ring (bicyclic) bond motifs is 2. The molecule has 2 fully saturated rings. The average molecular weight is 480 g/mol. The van der Waals surface area contributed by atoms with Crippen molar-refractivity contribution in [2.24, 2.45) is 5.73 Å². The first-order chi connectivity index (χ1) is 17.1. The number of esters is 1. The van der Waals surface area contributed by atoms with Crippen LogP contribution in [0.1, 0.15) is 39.1 Å². The molecule has 3 aliphatic heterocycles. The Hall–Kier alpha value is -4.00. The van der Waals surface area contributed by atoms with Crippen LogP contribution in [0.3, 0.4) is 0 Å². The molecule has 3 unspecified atom stereocenters. The number of hydrogen-bond donors (Lipinski definition) is 1. The predicted molar refractivity (Wildman–Crippen MR) is 114 cm³/mol. The maximum atomic E-state index is 12.7. The Bertz CT molecular complexity index is 1270. The van der Waals surface area contributed by atoms with Gasteiger partial charge in [0.15, 0.2) is 24.0 Å². The number of carbonyl (C=O) groups is 2. The van der Waals surface area contributed by atoms with Gasteiger partial charge in [0.1, 0.15) is 31.2 Å². The molecule has 3 aromatic rings. The zero-order chi connectivity index (χ0) is 23.9. The summed E-state index contributed by atoms with van der Waals surface area (Å²) in [6, 6.07) is 14.2. The molecule has 180 valence electrons. The van der Waals surface area contributed by atoms with Gasteiger partial charge in [-0.1, -0.05) is 30.3 Å². The number of carbonyl (C=O) groups excluding carboxylic acids is 2. The fourth-order valence-electron chi connectivity index (χ4n) is 4.22. The van der Waals surface area contributed by atoms with Crippen molar-refractivity contribution in [1.82, 2.24) is 14.8 Å². The van der Waals surface area contributed by atoms with Crippen molar-refractivity contribution in [2.75, 3.05) is 13.4 Å². The minimum Gasteiger partial charge on any atom is -0.459 e. The minimum atomic E-state index is -0.774. The quantitative estimate of drug-likeness (QED) is 0.513. The Labute approximate surface area is 198 Å². The molecule has 12 heteroatoms. The molecule has 5 atom stereocenters. The van der Waals surface area contributed by atoms with E-state index in [9.17, 15) is 9.59 Å². The zero-order valence-corrected chi connectivity index (χ0v) is 18.2. The molecule has 1 amide bonds. The number of hydrogen-bond acceptors (Lipinski definition) is 10. The van der Waals surface area contributed by atoms with Crippen molar-refractivity contribution >= 4 is 11.9 Å². The van der Waals surface area contributed by atoms with Gasteiger partial charge in [-0.05, 0) is 18.2 Å². The lowest BCUT2D eigenvalue weighted by Gasteiger charge is -2.20. The largest absolute Gasteiger partial charge is 0.459 e. The SMILES string of the molecule is NC(=O)c1ncn(C2OC(COC(=O)c3ccc4c(c3)OCO4)C3O[C@H](c4ccccc4)O[C@H]32)n1. The number of primary amides is 1. The Morgan fingerprint density at radius 3 is 2.63 bits per heavy atom. The number of rotatable bonds is 6. The molecule has 12 nitrogen and oxygen atoms in total. The van der Waals surface area contributed by atoms with Crippen LogP contribution in [0.5, 0.6) is 11.5 Å². The lowest BCUT2D eigenvalue weighted by molar-refractivity contribution is -0.156. The summed E-state index contributed by atoms with van der Waals surface area (Å²) in [5, 5.41) is 4.10. The molecule has 0 aliphatic carbocycles. The molecule has 0 radical (unpaired) electrons. The molecular formula is C23H20N4O8. The van der Waals surface area contributed by atoms with Crippen molar-refractivity contribution in [3.63, 3.8) is 0 Å². The maximum absolute atomic E-state index is 12.7. The third-order valence-electron chi connectivity index (χ3n) is 5.90. The predicted octanol–water partition coefficient (Wildman–Crippen LogP) is 1.34. The van der Waals surface area contributed by atoms with Gasteiger partial charge < -0.3 is 34.2 Å². The highest BCUT2D eigenvalue weighted by Crippen LogP contribution is 2.44. The van der Waals surface area contributed by atoms with Gasteiger partial charge in [0, 0.05) is 5.56 Å². The summed E-state index contributed by atoms with van der Waals surface area (Å²) < 4.78 is 35.9. The van der Waals surface area contributed by atoms with Crippen LogP contribution in [0.4, 0.5) is 0 Å². The molecule has 2 aromatic carbocycles. The summed E-state index contributed by atoms with van der Waals surface area (Å²) in [7, 11) is 0. The first kappa shape index (κ1) is 21.5. The number of nitrogens with zero attached hydrogens (tertiary/aromatic N) is 3. The number of aromatic nitrogens is 3. The van der Waals surface area contributed by atoms with Crippen molar-refractivity contribution < 1.29 is 38.0 Å². The van der Waals surface area contributed by atoms with Gasteiger partial charge in [0.05, 0.1) is 5.56 Å². The summed E-state index contributed by atoms with van der Waals surface area (Å²) in [5.74, 6) is -0.425. The van der Waals surface area contributed by atoms with E-state index in [1.807, 2.05) is 30.3 Å². The fraction of sp³-hybridized carbons (Fsp3) is 0.304. The number of ether oxygens (including phenoxy) is 6. The van der Waals surface area contributed by atoms with E-state index in [4.69, 9.17) is 34.2 Å². The van der Waals surface area contributed by atoms with E-state index in [0.29, 0.717) is 17.1 Å². The second-order valence-electron chi connectivity index (χ2n) is 8.09. The van der Waals surface area contributed by atoms with Gasteiger partial charge >= 0.3 is 5.97 Å². The second kappa shape index (κ2) is 8.65. The molecule has 0 spiro atoms. The van der Waals surface area contributed by atoms with Crippen LogP contribution >= 0.6 is 0 Å². The Morgan fingerprint density at radius 2 is 1.83 bits per heavy atom. The first-order valence-corrected chi connectivity index (χ1v) is 10.9. The van der Waals surface area contributed by atoms with E-state index in [1.165, 1.54) is 11.0 Å². The maximum Gasteiger partial charge on any atom is 0.338 e. The van der Waals surface area contributed by atoms with Gasteiger partial charge in [-0.15, -0.1) is 5.10 Å². The monoisotopic (exact) mass is 480 g/mol. The Balaban J connectivity index is 1.20. The highest BCUT2D eigenvalue weighted by molar-refractivity contribution is 5.90. The van der Waals surface area contributed by atoms with Gasteiger partial charge in [-0.2, -0.15) is 0 Å². The highest BCUT2D eigenvalue weighted by Gasteiger charge is 2.54. The third-order valence-corrected chi connectivity index (χ3v) is 5.90. The summed E-state index contributed by atoms with van der Waals surface area (Å²) in [4.78, 5) is 28.1. The number of benzene rings is 2. The van der Waals surface area contributed by atoms with Gasteiger partial charge in [0.2, 0.25) is 12.6 Å². The van der Waals surface area contributed by atoms with E-state index < -0.39 is 42.7 Å². The van der Waals surface area contributed by atoms with Gasteiger partial charge in [0.25, 0.3) is 5.91 Å². The highest BCUT2D eigenvalue weighted by atomic mass is 16.8. The van der Waals surface area contributed by atoms with Crippen LogP contribution in [0.2, 0.25) is 0 Å². The molecule has 0 saturated carbocycles. The molecule has 3 aliphatic rings. The average Bonchev–Trinajstić information content (AvgIpc) is 3.66. The molecule has 0 bridgehead atoms. The van der Waals surface area contributed by atoms with Crippen LogP contribution in [-0.4, -0.2) is 58.4 Å². The lowest BCUT2D eigenvalue weighted by atomic mass is 10.1. The second-order valence-corrected chi connectivity index (χ2v) is 8.09. The minimum absolute atomic E-state index is 0.104. The third kappa shape index (κ3) is 3.97. The van der Waals surface area contributed by atoms with Gasteiger partial charge in [-0.25, -0.2) is 14.5 Å².